The molecule has 15 heteroatoms. The number of aliphatic hydroxyl groups is 1. The molecule has 216 valence electrons. The number of aliphatic hydroxyl groups excluding tert-OH is 1. The molecule has 0 aliphatic rings. The third kappa shape index (κ3) is 6.09. The van der Waals surface area contributed by atoms with Gasteiger partial charge in [0.15, 0.2) is 17.8 Å². The van der Waals surface area contributed by atoms with E-state index in [9.17, 15) is 27.9 Å². The third-order valence-corrected chi connectivity index (χ3v) is 6.49. The Morgan fingerprint density at radius 2 is 1.79 bits per heavy atom. The second-order valence-corrected chi connectivity index (χ2v) is 9.59. The van der Waals surface area contributed by atoms with E-state index in [4.69, 9.17) is 11.6 Å². The Morgan fingerprint density at radius 1 is 1.05 bits per heavy atom. The van der Waals surface area contributed by atoms with Crippen molar-refractivity contribution in [1.82, 2.24) is 34.1 Å². The van der Waals surface area contributed by atoms with E-state index in [0.717, 1.165) is 9.25 Å². The Hall–Kier alpha value is -4.82. The molecule has 0 radical (unpaired) electrons. The number of benzene rings is 2. The second-order valence-electron chi connectivity index (χ2n) is 9.15. The molecule has 11 nitrogen and oxygen atoms in total. The van der Waals surface area contributed by atoms with Gasteiger partial charge in [0.1, 0.15) is 12.9 Å². The Balaban J connectivity index is 1.45. The number of alkyl halides is 3. The zero-order valence-corrected chi connectivity index (χ0v) is 22.6. The summed E-state index contributed by atoms with van der Waals surface area (Å²) in [4.78, 5) is 34.6. The zero-order chi connectivity index (χ0) is 30.0. The summed E-state index contributed by atoms with van der Waals surface area (Å²) in [7, 11) is 0. The number of aromatic nitrogens is 7. The minimum atomic E-state index is -4.95. The average molecular weight is 599 g/mol. The van der Waals surface area contributed by atoms with Gasteiger partial charge in [-0.1, -0.05) is 23.7 Å². The van der Waals surface area contributed by atoms with Crippen LogP contribution in [0.5, 0.6) is 0 Å². The summed E-state index contributed by atoms with van der Waals surface area (Å²) < 4.78 is 42.4. The van der Waals surface area contributed by atoms with Crippen molar-refractivity contribution in [2.45, 2.75) is 32.3 Å². The fourth-order valence-corrected chi connectivity index (χ4v) is 4.21. The van der Waals surface area contributed by atoms with E-state index >= 15 is 0 Å². The lowest BCUT2D eigenvalue weighted by Gasteiger charge is -2.15. The molecule has 2 N–H and O–H groups in total. The van der Waals surface area contributed by atoms with Crippen LogP contribution >= 0.6 is 11.6 Å². The van der Waals surface area contributed by atoms with Crippen molar-refractivity contribution in [3.05, 3.63) is 106 Å². The Bertz CT molecular complexity index is 1800. The molecule has 0 aliphatic heterocycles. The number of nitrogens with zero attached hydrogens (tertiary/aromatic N) is 7. The highest BCUT2D eigenvalue weighted by Crippen LogP contribution is 2.24. The van der Waals surface area contributed by atoms with Crippen LogP contribution in [0, 0.1) is 6.92 Å². The van der Waals surface area contributed by atoms with Crippen molar-refractivity contribution in [3.63, 3.8) is 0 Å². The van der Waals surface area contributed by atoms with Crippen LogP contribution in [0.3, 0.4) is 0 Å². The van der Waals surface area contributed by atoms with Crippen LogP contribution in [-0.2, 0) is 13.1 Å². The topological polar surface area (TPSA) is 133 Å². The van der Waals surface area contributed by atoms with E-state index < -0.39 is 30.4 Å². The van der Waals surface area contributed by atoms with Gasteiger partial charge in [0, 0.05) is 16.8 Å². The molecule has 3 aromatic heterocycles. The highest BCUT2D eigenvalue weighted by molar-refractivity contribution is 6.30. The Morgan fingerprint density at radius 3 is 2.50 bits per heavy atom. The molecule has 0 unspecified atom stereocenters. The Kier molecular flexibility index (Phi) is 7.91. The van der Waals surface area contributed by atoms with Crippen molar-refractivity contribution in [1.29, 1.82) is 0 Å². The number of hydrogen-bond donors (Lipinski definition) is 2. The Labute approximate surface area is 240 Å². The predicted octanol–water partition coefficient (Wildman–Crippen LogP) is 3.87. The highest BCUT2D eigenvalue weighted by atomic mass is 35.5. The van der Waals surface area contributed by atoms with Gasteiger partial charge in [0.25, 0.3) is 5.91 Å². The van der Waals surface area contributed by atoms with Crippen LogP contribution < -0.4 is 11.0 Å². The molecular weight excluding hydrogens is 577 g/mol. The number of halogens is 4. The standard InChI is InChI=1S/C27H22ClF3N8O3/c1-16-20(6-4-12-32-16)34-25(41)19-5-2-3-7-21(19)39-15-33-23(35-39)14-38-26(42)37(13-22(40)27(29,30)31)24(36-38)17-8-10-18(28)11-9-17/h2-12,15,22,40H,13-14H2,1H3,(H,34,41)/t22-/m0/s1. The molecule has 0 bridgehead atoms. The van der Waals surface area contributed by atoms with Gasteiger partial charge in [0.2, 0.25) is 0 Å². The fourth-order valence-electron chi connectivity index (χ4n) is 4.09. The van der Waals surface area contributed by atoms with Crippen molar-refractivity contribution >= 4 is 23.2 Å². The molecule has 2 aromatic carbocycles. The highest BCUT2D eigenvalue weighted by Gasteiger charge is 2.39. The normalized spacial score (nSPS) is 12.3. The van der Waals surface area contributed by atoms with Crippen LogP contribution in [0.25, 0.3) is 17.1 Å². The minimum Gasteiger partial charge on any atom is -0.382 e. The van der Waals surface area contributed by atoms with E-state index in [1.54, 1.807) is 49.5 Å². The zero-order valence-electron chi connectivity index (χ0n) is 21.8. The lowest BCUT2D eigenvalue weighted by atomic mass is 10.1. The molecular formula is C27H22ClF3N8O3. The first-order valence-electron chi connectivity index (χ1n) is 12.4. The molecule has 0 spiro atoms. The number of carbonyl (C=O) groups excluding carboxylic acids is 1. The number of rotatable bonds is 8. The molecule has 0 aliphatic carbocycles. The van der Waals surface area contributed by atoms with E-state index in [-0.39, 0.29) is 23.8 Å². The molecule has 3 heterocycles. The van der Waals surface area contributed by atoms with Gasteiger partial charge >= 0.3 is 11.9 Å². The van der Waals surface area contributed by atoms with Crippen molar-refractivity contribution < 1.29 is 23.1 Å². The van der Waals surface area contributed by atoms with Crippen LogP contribution in [0.2, 0.25) is 5.02 Å². The van der Waals surface area contributed by atoms with Crippen LogP contribution in [0.15, 0.2) is 78.0 Å². The average Bonchev–Trinajstić information content (AvgIpc) is 3.55. The van der Waals surface area contributed by atoms with Gasteiger partial charge < -0.3 is 10.4 Å². The number of aryl methyl sites for hydroxylation is 1. The summed E-state index contributed by atoms with van der Waals surface area (Å²) in [5.74, 6) is -0.421. The van der Waals surface area contributed by atoms with E-state index in [2.05, 4.69) is 25.5 Å². The minimum absolute atomic E-state index is 0.0964. The summed E-state index contributed by atoms with van der Waals surface area (Å²) in [6.07, 6.45) is -4.79. The number of carbonyl (C=O) groups is 1. The quantitative estimate of drug-likeness (QED) is 0.277. The third-order valence-electron chi connectivity index (χ3n) is 6.24. The first kappa shape index (κ1) is 28.7. The first-order valence-corrected chi connectivity index (χ1v) is 12.8. The molecule has 5 aromatic rings. The number of para-hydroxylation sites is 1. The van der Waals surface area contributed by atoms with E-state index in [0.29, 0.717) is 27.7 Å². The van der Waals surface area contributed by atoms with E-state index in [1.807, 2.05) is 0 Å². The van der Waals surface area contributed by atoms with Gasteiger partial charge in [-0.2, -0.15) is 13.2 Å². The van der Waals surface area contributed by atoms with Gasteiger partial charge in [-0.05, 0) is 55.5 Å². The molecule has 42 heavy (non-hydrogen) atoms. The fraction of sp³-hybridized carbons (Fsp3) is 0.185. The van der Waals surface area contributed by atoms with Crippen LogP contribution in [-0.4, -0.2) is 57.4 Å². The molecule has 1 amide bonds. The summed E-state index contributed by atoms with van der Waals surface area (Å²) in [5, 5.41) is 21.4. The lowest BCUT2D eigenvalue weighted by Crippen LogP contribution is -2.37. The van der Waals surface area contributed by atoms with Gasteiger partial charge in [-0.15, -0.1) is 10.2 Å². The maximum absolute atomic E-state index is 13.2. The molecule has 0 saturated heterocycles. The summed E-state index contributed by atoms with van der Waals surface area (Å²) >= 11 is 5.93. The number of nitrogens with one attached hydrogen (secondary N) is 1. The van der Waals surface area contributed by atoms with Gasteiger partial charge in [-0.25, -0.2) is 19.1 Å². The second kappa shape index (κ2) is 11.6. The van der Waals surface area contributed by atoms with Crippen LogP contribution in [0.4, 0.5) is 18.9 Å². The maximum atomic E-state index is 13.2. The number of hydrogen-bond acceptors (Lipinski definition) is 7. The summed E-state index contributed by atoms with van der Waals surface area (Å²) in [5.41, 5.74) is 1.25. The van der Waals surface area contributed by atoms with Crippen molar-refractivity contribution in [2.75, 3.05) is 5.32 Å². The largest absolute Gasteiger partial charge is 0.416 e. The number of pyridine rings is 1. The first-order chi connectivity index (χ1) is 20.0. The van der Waals surface area contributed by atoms with Gasteiger partial charge in [0.05, 0.1) is 29.2 Å². The monoisotopic (exact) mass is 598 g/mol. The summed E-state index contributed by atoms with van der Waals surface area (Å²) in [6, 6.07) is 16.1. The molecule has 0 saturated carbocycles. The molecule has 1 atom stereocenters. The molecule has 0 fully saturated rings. The van der Waals surface area contributed by atoms with Crippen LogP contribution in [0.1, 0.15) is 21.9 Å². The van der Waals surface area contributed by atoms with E-state index in [1.165, 1.54) is 35.3 Å². The molecule has 5 rings (SSSR count). The smallest absolute Gasteiger partial charge is 0.382 e. The summed E-state index contributed by atoms with van der Waals surface area (Å²) in [6.45, 7) is 0.391. The van der Waals surface area contributed by atoms with Crippen molar-refractivity contribution in [3.8, 4) is 17.1 Å². The lowest BCUT2D eigenvalue weighted by molar-refractivity contribution is -0.207. The SMILES string of the molecule is Cc1ncccc1NC(=O)c1ccccc1-n1cnc(Cn2nc(-c3ccc(Cl)cc3)n(C[C@H](O)C(F)(F)F)c2=O)n1. The number of anilines is 1. The predicted molar refractivity (Wildman–Crippen MR) is 146 cm³/mol. The number of amides is 1. The maximum Gasteiger partial charge on any atom is 0.416 e. The van der Waals surface area contributed by atoms with Gasteiger partial charge in [-0.3, -0.25) is 14.3 Å². The van der Waals surface area contributed by atoms with Crippen molar-refractivity contribution in [2.24, 2.45) is 0 Å².